The molecule has 0 saturated heterocycles. The lowest BCUT2D eigenvalue weighted by Gasteiger charge is -2.15. The molecule has 5 aliphatic heterocycles. The maximum Gasteiger partial charge on any atom is 0.416 e. The molecule has 5 N–H and O–H groups in total. The number of hydrogen-bond donors (Lipinski definition) is 5. The monoisotopic (exact) mass is 1970 g/mol. The Morgan fingerprint density at radius 1 is 0.411 bits per heavy atom. The number of halogens is 12. The predicted octanol–water partition coefficient (Wildman–Crippen LogP) is 23.0. The summed E-state index contributed by atoms with van der Waals surface area (Å²) < 4.78 is 122. The Balaban J connectivity index is 0.000000124. The molecule has 0 unspecified atom stereocenters. The van der Waals surface area contributed by atoms with Crippen LogP contribution in [-0.2, 0) is 70.4 Å². The van der Waals surface area contributed by atoms with E-state index in [1.54, 1.807) is 48.9 Å². The second-order valence-corrected chi connectivity index (χ2v) is 34.1. The first kappa shape index (κ1) is 91.5. The van der Waals surface area contributed by atoms with E-state index in [0.717, 1.165) is 202 Å². The number of aliphatic imine (C=N–C) groups is 5. The topological polar surface area (TPSA) is 194 Å². The van der Waals surface area contributed by atoms with E-state index in [1.165, 1.54) is 48.6 Å². The SMILES string of the molecule is C#Cc1cc(CCc2c(F)cccc2C2=NCCN2)c2occc2c1.COc1ccc(C(F)(F)F)cc1CCc1c(F)cccc1C1=NCCN1.Clc1ccc(-c2ccc(Br)cc2CCc2c(Cl)cccc2C2=NCCN2)cc1.Fc1cccc(C2=NCCN2)c1CCc1cc(Br)cc2cc(Br)oc12.N#Cc1cc(CCc2c(F)cccc2C2=NCCN2)c2occc2c1. The minimum atomic E-state index is -4.44. The summed E-state index contributed by atoms with van der Waals surface area (Å²) in [5.41, 5.74) is 17.8. The fraction of sp³-hybridized carbons (Fsp3) is 0.216. The number of ether oxygens (including phenoxy) is 1. The lowest BCUT2D eigenvalue weighted by molar-refractivity contribution is -0.137. The van der Waals surface area contributed by atoms with E-state index in [1.807, 2.05) is 91.0 Å². The number of nitriles is 1. The van der Waals surface area contributed by atoms with Crippen LogP contribution in [0.2, 0.25) is 10.0 Å². The van der Waals surface area contributed by atoms with Crippen molar-refractivity contribution in [3.05, 3.63) is 366 Å². The van der Waals surface area contributed by atoms with Gasteiger partial charge < -0.3 is 44.6 Å². The number of fused-ring (bicyclic) bond motifs is 3. The Morgan fingerprint density at radius 2 is 0.822 bits per heavy atom. The van der Waals surface area contributed by atoms with Crippen molar-refractivity contribution in [3.63, 3.8) is 0 Å². The number of furan rings is 3. The van der Waals surface area contributed by atoms with Crippen molar-refractivity contribution < 1.29 is 48.7 Å². The molecule has 15 nitrogen and oxygen atoms in total. The van der Waals surface area contributed by atoms with Gasteiger partial charge in [-0.2, -0.15) is 18.4 Å². The van der Waals surface area contributed by atoms with Gasteiger partial charge in [-0.1, -0.05) is 140 Å². The van der Waals surface area contributed by atoms with E-state index in [4.69, 9.17) is 47.6 Å². The summed E-state index contributed by atoms with van der Waals surface area (Å²) in [7, 11) is 1.40. The van der Waals surface area contributed by atoms with Gasteiger partial charge in [0.05, 0.1) is 69.6 Å². The van der Waals surface area contributed by atoms with Crippen molar-refractivity contribution in [2.75, 3.05) is 72.6 Å². The lowest BCUT2D eigenvalue weighted by Crippen LogP contribution is -2.21. The number of nitrogens with zero attached hydrogens (tertiary/aromatic N) is 6. The van der Waals surface area contributed by atoms with Crippen molar-refractivity contribution in [1.82, 2.24) is 26.6 Å². The van der Waals surface area contributed by atoms with Gasteiger partial charge in [-0.15, -0.1) is 6.42 Å². The summed E-state index contributed by atoms with van der Waals surface area (Å²) in [5, 5.41) is 29.7. The molecule has 129 heavy (non-hydrogen) atoms. The highest BCUT2D eigenvalue weighted by atomic mass is 79.9. The molecule has 0 saturated carbocycles. The van der Waals surface area contributed by atoms with E-state index in [9.17, 15) is 36.0 Å². The van der Waals surface area contributed by atoms with Crippen LogP contribution >= 0.6 is 71.0 Å². The molecule has 0 aliphatic carbocycles. The van der Waals surface area contributed by atoms with Crippen LogP contribution in [0.4, 0.5) is 30.7 Å². The van der Waals surface area contributed by atoms with Crippen LogP contribution in [0.1, 0.15) is 100 Å². The molecule has 0 bridgehead atoms. The highest BCUT2D eigenvalue weighted by molar-refractivity contribution is 9.11. The molecule has 27 heteroatoms. The largest absolute Gasteiger partial charge is 0.496 e. The minimum Gasteiger partial charge on any atom is -0.496 e. The highest BCUT2D eigenvalue weighted by Crippen LogP contribution is 2.38. The van der Waals surface area contributed by atoms with Crippen molar-refractivity contribution in [3.8, 4) is 35.3 Å². The minimum absolute atomic E-state index is 0.194. The Bertz CT molecular complexity index is 6560. The van der Waals surface area contributed by atoms with Gasteiger partial charge in [0.15, 0.2) is 4.67 Å². The molecule has 19 rings (SSSR count). The third kappa shape index (κ3) is 22.6. The van der Waals surface area contributed by atoms with E-state index >= 15 is 0 Å². The number of benzene rings is 11. The molecule has 0 spiro atoms. The van der Waals surface area contributed by atoms with E-state index in [2.05, 4.69) is 148 Å². The van der Waals surface area contributed by atoms with Crippen LogP contribution in [0.3, 0.4) is 0 Å². The van der Waals surface area contributed by atoms with Crippen molar-refractivity contribution in [1.29, 1.82) is 5.26 Å². The molecule has 0 amide bonds. The smallest absolute Gasteiger partial charge is 0.416 e. The van der Waals surface area contributed by atoms with Crippen LogP contribution in [0, 0.1) is 46.9 Å². The van der Waals surface area contributed by atoms with Crippen LogP contribution in [0.5, 0.6) is 5.75 Å². The summed E-state index contributed by atoms with van der Waals surface area (Å²) in [6.45, 7) is 7.55. The van der Waals surface area contributed by atoms with Crippen LogP contribution in [0.25, 0.3) is 44.0 Å². The van der Waals surface area contributed by atoms with Gasteiger partial charge in [0.1, 0.15) is 74.9 Å². The zero-order valence-corrected chi connectivity index (χ0v) is 76.1. The number of alkyl halides is 3. The van der Waals surface area contributed by atoms with Gasteiger partial charge in [0.25, 0.3) is 0 Å². The summed E-state index contributed by atoms with van der Waals surface area (Å²) >= 11 is 23.2. The molecule has 656 valence electrons. The van der Waals surface area contributed by atoms with E-state index in [0.29, 0.717) is 113 Å². The number of terminal acetylenes is 1. The fourth-order valence-electron chi connectivity index (χ4n) is 16.4. The molecule has 0 fully saturated rings. The lowest BCUT2D eigenvalue weighted by atomic mass is 9.93. The average Bonchev–Trinajstić information content (AvgIpc) is 1.68. The number of nitrogens with one attached hydrogen (secondary N) is 5. The first-order valence-electron chi connectivity index (χ1n) is 42.0. The second kappa shape index (κ2) is 42.8. The van der Waals surface area contributed by atoms with Crippen LogP contribution in [0.15, 0.2) is 271 Å². The zero-order valence-electron chi connectivity index (χ0n) is 69.9. The number of aryl methyl sites for hydroxylation is 5. The normalized spacial score (nSPS) is 13.7. The third-order valence-corrected chi connectivity index (χ3v) is 24.4. The van der Waals surface area contributed by atoms with Gasteiger partial charge in [-0.05, 0) is 274 Å². The molecule has 0 radical (unpaired) electrons. The number of methoxy groups -OCH3 is 1. The van der Waals surface area contributed by atoms with Crippen molar-refractivity contribution in [2.24, 2.45) is 25.0 Å². The fourth-order valence-corrected chi connectivity index (χ4v) is 18.1. The standard InChI is InChI=1S/C23H19BrCl2N2.C21H17FN2O.C20H16FN3O.C19H15Br2FN2O.C19H18F4N2O/c24-17-7-11-19(15-4-8-18(25)9-5-15)16(14-17)6-10-20-21(2-1-3-22(20)26)23-27-12-13-28-23;1-2-14-12-15(20-16(13-14)8-11-25-20)6-7-17-18(4-3-5-19(17)22)21-23-9-10-24-21;21-18-3-1-2-17(20-23-7-8-24-20)16(18)5-4-14-10-13(12-22)11-15-6-9-25-19(14)15;20-13-8-11(18-12(9-13)10-17(21)25-18)4-5-14-15(2-1-3-16(14)22)19-23-6-7-24-19;1-26-17-8-6-13(19(21,22)23)11-12(17)5-7-14-15(3-2-4-16(14)20)18-24-9-10-25-18/h1-5,7-9,11,14H,6,10,12-13H2,(H,27,28);1,3-5,8,11-13H,6-7,9-10H2,(H,23,24);1-3,6,9-11H,4-5,7-8H2,(H,23,24);1-3,8-10H,4-7H2,(H,23,24);2-4,6,8,11H,5,7,9-10H2,1H3,(H,24,25). The Morgan fingerprint density at radius 3 is 1.26 bits per heavy atom. The van der Waals surface area contributed by atoms with Gasteiger partial charge in [0.2, 0.25) is 0 Å². The zero-order chi connectivity index (χ0) is 90.1. The molecule has 14 aromatic rings. The van der Waals surface area contributed by atoms with Crippen LogP contribution < -0.4 is 31.3 Å². The third-order valence-electron chi connectivity index (χ3n) is 22.5. The Labute approximate surface area is 776 Å². The first-order chi connectivity index (χ1) is 62.6. The van der Waals surface area contributed by atoms with E-state index < -0.39 is 17.6 Å². The first-order valence-corrected chi connectivity index (χ1v) is 45.1. The quantitative estimate of drug-likeness (QED) is 0.0322. The van der Waals surface area contributed by atoms with Gasteiger partial charge >= 0.3 is 6.18 Å². The summed E-state index contributed by atoms with van der Waals surface area (Å²) in [6.07, 6.45) is 10.1. The Kier molecular flexibility index (Phi) is 30.4. The van der Waals surface area contributed by atoms with E-state index in [-0.39, 0.29) is 30.3 Å². The summed E-state index contributed by atoms with van der Waals surface area (Å²) in [4.78, 5) is 22.2. The van der Waals surface area contributed by atoms with Crippen molar-refractivity contribution >= 4 is 133 Å². The second-order valence-electron chi connectivity index (χ2n) is 30.7. The number of amidine groups is 5. The number of hydrogen-bond acceptors (Lipinski definition) is 15. The van der Waals surface area contributed by atoms with Crippen molar-refractivity contribution in [2.45, 2.75) is 70.4 Å². The number of rotatable bonds is 22. The van der Waals surface area contributed by atoms with Crippen LogP contribution in [-0.4, -0.2) is 102 Å². The maximum atomic E-state index is 14.5. The summed E-state index contributed by atoms with van der Waals surface area (Å²) in [5.74, 6) is 5.87. The van der Waals surface area contributed by atoms with Gasteiger partial charge in [-0.25, -0.2) is 17.6 Å². The van der Waals surface area contributed by atoms with Gasteiger partial charge in [0, 0.05) is 101 Å². The average molecular weight is 1970 g/mol. The van der Waals surface area contributed by atoms with Gasteiger partial charge in [-0.3, -0.25) is 25.0 Å². The Hall–Kier alpha value is -12.2. The molecule has 11 aromatic carbocycles. The molecular weight excluding hydrogens is 1890 g/mol. The predicted molar refractivity (Wildman–Crippen MR) is 510 cm³/mol. The molecule has 5 aliphatic rings. The summed E-state index contributed by atoms with van der Waals surface area (Å²) in [6, 6.07) is 63.2. The molecular formula is C102H85Br3Cl2F7N11O4. The molecule has 3 aromatic heterocycles. The molecule has 0 atom stereocenters. The molecule has 8 heterocycles. The highest BCUT2D eigenvalue weighted by Gasteiger charge is 2.32. The maximum absolute atomic E-state index is 14.5.